The third-order valence-electron chi connectivity index (χ3n) is 11.4. The molecular formula is C45H47Cl2F2N7O3. The summed E-state index contributed by atoms with van der Waals surface area (Å²) in [7, 11) is 0. The Bertz CT molecular complexity index is 2190. The van der Waals surface area contributed by atoms with Crippen molar-refractivity contribution >= 4 is 64.6 Å². The molecule has 4 atom stereocenters. The van der Waals surface area contributed by atoms with Crippen molar-refractivity contribution in [3.63, 3.8) is 0 Å². The van der Waals surface area contributed by atoms with Crippen molar-refractivity contribution in [3.8, 4) is 0 Å². The Morgan fingerprint density at radius 2 is 1.03 bits per heavy atom. The summed E-state index contributed by atoms with van der Waals surface area (Å²) in [5, 5.41) is 3.57. The molecule has 10 nitrogen and oxygen atoms in total. The van der Waals surface area contributed by atoms with E-state index in [1.54, 1.807) is 60.7 Å². The van der Waals surface area contributed by atoms with Crippen molar-refractivity contribution in [1.29, 1.82) is 0 Å². The number of urea groups is 1. The smallest absolute Gasteiger partial charge is 0.316 e. The van der Waals surface area contributed by atoms with Gasteiger partial charge in [0.15, 0.2) is 0 Å². The van der Waals surface area contributed by atoms with Crippen LogP contribution in [-0.4, -0.2) is 87.8 Å². The van der Waals surface area contributed by atoms with Crippen LogP contribution in [0.2, 0.25) is 10.0 Å². The molecule has 4 amide bonds. The lowest BCUT2D eigenvalue weighted by atomic mass is 10.1. The Kier molecular flexibility index (Phi) is 13.3. The van der Waals surface area contributed by atoms with Gasteiger partial charge in [0.25, 0.3) is 0 Å². The predicted octanol–water partition coefficient (Wildman–Crippen LogP) is 7.81. The molecule has 4 saturated heterocycles. The van der Waals surface area contributed by atoms with Gasteiger partial charge in [0, 0.05) is 91.3 Å². The lowest BCUT2D eigenvalue weighted by Gasteiger charge is -2.40. The van der Waals surface area contributed by atoms with Crippen LogP contribution in [0.25, 0.3) is 12.2 Å². The first-order valence-corrected chi connectivity index (χ1v) is 20.5. The number of anilines is 2. The van der Waals surface area contributed by atoms with Crippen molar-refractivity contribution in [3.05, 3.63) is 141 Å². The molecule has 4 unspecified atom stereocenters. The number of fused-ring (bicyclic) bond motifs is 4. The van der Waals surface area contributed by atoms with Gasteiger partial charge in [0.05, 0.1) is 5.69 Å². The molecular weight excluding hydrogens is 795 g/mol. The second kappa shape index (κ2) is 18.8. The van der Waals surface area contributed by atoms with Crippen LogP contribution in [0.3, 0.4) is 0 Å². The summed E-state index contributed by atoms with van der Waals surface area (Å²) in [5.41, 5.74) is 15.8. The Morgan fingerprint density at radius 1 is 0.627 bits per heavy atom. The minimum Gasteiger partial charge on any atom is -0.398 e. The van der Waals surface area contributed by atoms with Gasteiger partial charge >= 0.3 is 6.03 Å². The zero-order valence-corrected chi connectivity index (χ0v) is 34.0. The predicted molar refractivity (Wildman–Crippen MR) is 229 cm³/mol. The van der Waals surface area contributed by atoms with E-state index in [-0.39, 0.29) is 47.6 Å². The van der Waals surface area contributed by atoms with E-state index in [1.807, 2.05) is 28.0 Å². The number of likely N-dealkylation sites (tertiary alicyclic amines) is 2. The average Bonchev–Trinajstić information content (AvgIpc) is 3.63. The fourth-order valence-corrected chi connectivity index (χ4v) is 9.11. The summed E-state index contributed by atoms with van der Waals surface area (Å²) in [4.78, 5) is 45.7. The summed E-state index contributed by atoms with van der Waals surface area (Å²) in [5.74, 6) is -0.467. The molecule has 4 fully saturated rings. The number of benzene rings is 4. The van der Waals surface area contributed by atoms with Crippen LogP contribution in [0.5, 0.6) is 0 Å². The maximum atomic E-state index is 13.1. The molecule has 4 bridgehead atoms. The number of nitrogen functional groups attached to an aromatic ring is 1. The van der Waals surface area contributed by atoms with Crippen molar-refractivity contribution in [2.75, 3.05) is 37.2 Å². The zero-order valence-electron chi connectivity index (χ0n) is 32.5. The van der Waals surface area contributed by atoms with Gasteiger partial charge in [-0.1, -0.05) is 59.6 Å². The first-order chi connectivity index (χ1) is 28.4. The van der Waals surface area contributed by atoms with Gasteiger partial charge in [-0.2, -0.15) is 0 Å². The van der Waals surface area contributed by atoms with E-state index in [2.05, 4.69) is 15.1 Å². The molecule has 4 aliphatic rings. The highest BCUT2D eigenvalue weighted by atomic mass is 35.5. The van der Waals surface area contributed by atoms with Crippen molar-refractivity contribution in [2.24, 2.45) is 5.73 Å². The minimum absolute atomic E-state index is 0.0308. The molecule has 5 N–H and O–H groups in total. The van der Waals surface area contributed by atoms with Crippen LogP contribution in [0, 0.1) is 11.6 Å². The highest BCUT2D eigenvalue weighted by molar-refractivity contribution is 6.31. The van der Waals surface area contributed by atoms with E-state index in [0.717, 1.165) is 81.6 Å². The second-order valence-corrected chi connectivity index (χ2v) is 16.4. The summed E-state index contributed by atoms with van der Waals surface area (Å²) in [6.45, 7) is 4.81. The van der Waals surface area contributed by atoms with Crippen LogP contribution < -0.4 is 16.8 Å². The van der Waals surface area contributed by atoms with Gasteiger partial charge in [-0.3, -0.25) is 19.4 Å². The summed E-state index contributed by atoms with van der Waals surface area (Å²) < 4.78 is 26.2. The Balaban J connectivity index is 0.000000180. The van der Waals surface area contributed by atoms with Gasteiger partial charge in [0.2, 0.25) is 11.8 Å². The van der Waals surface area contributed by atoms with E-state index >= 15 is 0 Å². The summed E-state index contributed by atoms with van der Waals surface area (Å²) in [6.07, 6.45) is 10.6. The quantitative estimate of drug-likeness (QED) is 0.117. The molecule has 0 aromatic heterocycles. The molecule has 0 saturated carbocycles. The number of amides is 4. The van der Waals surface area contributed by atoms with Gasteiger partial charge in [0.1, 0.15) is 11.6 Å². The van der Waals surface area contributed by atoms with Crippen molar-refractivity contribution < 1.29 is 23.2 Å². The number of nitrogens with two attached hydrogens (primary N) is 2. The maximum absolute atomic E-state index is 13.1. The fourth-order valence-electron chi connectivity index (χ4n) is 8.76. The molecule has 8 rings (SSSR count). The summed E-state index contributed by atoms with van der Waals surface area (Å²) in [6, 6.07) is 23.6. The standard InChI is InChI=1S/C23H24ClFN4O2.C22H23ClFN3O/c24-17-5-3-16(21(11-17)27-23(26)31)4-10-22(30)29-19-8-9-20(29)14-28(13-19)12-15-1-6-18(25)7-2-15;23-17-5-3-16(21(25)11-17)4-10-22(28)27-19-8-9-20(27)14-26(13-19)12-15-1-6-18(24)7-2-15/h1-7,10-11,19-20H,8-9,12-14H2,(H3,26,27,31);1-7,10-11,19-20H,8-9,12-14,25H2/b2*10-4+. The average molecular weight is 843 g/mol. The van der Waals surface area contributed by atoms with Crippen LogP contribution in [0.15, 0.2) is 97.1 Å². The lowest BCUT2D eigenvalue weighted by molar-refractivity contribution is -0.132. The number of carbonyl (C=O) groups is 3. The minimum atomic E-state index is -0.696. The number of hydrogen-bond acceptors (Lipinski definition) is 6. The molecule has 4 aliphatic heterocycles. The second-order valence-electron chi connectivity index (χ2n) is 15.6. The first kappa shape index (κ1) is 41.9. The molecule has 4 aromatic rings. The monoisotopic (exact) mass is 841 g/mol. The Labute approximate surface area is 353 Å². The van der Waals surface area contributed by atoms with Gasteiger partial charge in [-0.15, -0.1) is 0 Å². The van der Waals surface area contributed by atoms with E-state index in [1.165, 1.54) is 30.3 Å². The third kappa shape index (κ3) is 10.7. The molecule has 4 aromatic carbocycles. The number of rotatable bonds is 9. The SMILES string of the molecule is NC(=O)Nc1cc(Cl)ccc1/C=C/C(=O)N1C2CCC1CN(Cc1ccc(F)cc1)C2.Nc1cc(Cl)ccc1/C=C/C(=O)N1C2CCC1CN(Cc1ccc(F)cc1)C2. The normalized spacial score (nSPS) is 21.5. The van der Waals surface area contributed by atoms with Crippen LogP contribution >= 0.6 is 23.2 Å². The third-order valence-corrected chi connectivity index (χ3v) is 11.9. The largest absolute Gasteiger partial charge is 0.398 e. The number of nitrogens with zero attached hydrogens (tertiary/aromatic N) is 4. The van der Waals surface area contributed by atoms with Crippen molar-refractivity contribution in [2.45, 2.75) is 62.9 Å². The molecule has 14 heteroatoms. The highest BCUT2D eigenvalue weighted by Crippen LogP contribution is 2.33. The topological polar surface area (TPSA) is 128 Å². The van der Waals surface area contributed by atoms with Gasteiger partial charge < -0.3 is 26.6 Å². The van der Waals surface area contributed by atoms with Gasteiger partial charge in [-0.25, -0.2) is 13.6 Å². The highest BCUT2D eigenvalue weighted by Gasteiger charge is 2.42. The van der Waals surface area contributed by atoms with E-state index in [0.29, 0.717) is 27.0 Å². The fraction of sp³-hybridized carbons (Fsp3) is 0.311. The molecule has 308 valence electrons. The Hall–Kier alpha value is -5.27. The number of hydrogen-bond donors (Lipinski definition) is 3. The van der Waals surface area contributed by atoms with Crippen LogP contribution in [0.1, 0.15) is 47.9 Å². The van der Waals surface area contributed by atoms with Crippen molar-refractivity contribution in [1.82, 2.24) is 19.6 Å². The molecule has 0 radical (unpaired) electrons. The van der Waals surface area contributed by atoms with Crippen LogP contribution in [-0.2, 0) is 22.7 Å². The van der Waals surface area contributed by atoms with E-state index in [4.69, 9.17) is 34.7 Å². The number of nitrogens with one attached hydrogen (secondary N) is 1. The summed E-state index contributed by atoms with van der Waals surface area (Å²) >= 11 is 11.9. The van der Waals surface area contributed by atoms with E-state index < -0.39 is 6.03 Å². The van der Waals surface area contributed by atoms with Crippen LogP contribution in [0.4, 0.5) is 25.0 Å². The number of carbonyl (C=O) groups excluding carboxylic acids is 3. The van der Waals surface area contributed by atoms with E-state index in [9.17, 15) is 23.2 Å². The number of primary amides is 1. The molecule has 0 spiro atoms. The lowest BCUT2D eigenvalue weighted by Crippen LogP contribution is -2.55. The molecule has 4 heterocycles. The number of piperazine rings is 2. The zero-order chi connectivity index (χ0) is 41.6. The molecule has 59 heavy (non-hydrogen) atoms. The maximum Gasteiger partial charge on any atom is 0.316 e. The number of halogens is 4. The first-order valence-electron chi connectivity index (χ1n) is 19.7. The van der Waals surface area contributed by atoms with Gasteiger partial charge in [-0.05, 0) is 109 Å². The Morgan fingerprint density at radius 3 is 1.46 bits per heavy atom. The molecule has 0 aliphatic carbocycles.